The van der Waals surface area contributed by atoms with E-state index in [-0.39, 0.29) is 5.56 Å². The van der Waals surface area contributed by atoms with Crippen molar-refractivity contribution >= 4 is 28.9 Å². The van der Waals surface area contributed by atoms with Gasteiger partial charge in [0.2, 0.25) is 10.5 Å². The lowest BCUT2D eigenvalue weighted by Gasteiger charge is -2.25. The Hall–Kier alpha value is -2.97. The molecule has 3 heterocycles. The van der Waals surface area contributed by atoms with E-state index in [4.69, 9.17) is 22.1 Å². The van der Waals surface area contributed by atoms with Crippen LogP contribution in [0.5, 0.6) is 5.75 Å². The van der Waals surface area contributed by atoms with Crippen molar-refractivity contribution < 1.29 is 4.74 Å². The predicted molar refractivity (Wildman–Crippen MR) is 119 cm³/mol. The molecule has 0 bridgehead atoms. The molecule has 0 unspecified atom stereocenters. The largest absolute Gasteiger partial charge is 0.497 e. The molecule has 8 heteroatoms. The third kappa shape index (κ3) is 3.12. The highest BCUT2D eigenvalue weighted by Gasteiger charge is 2.19. The van der Waals surface area contributed by atoms with Crippen molar-refractivity contribution in [3.63, 3.8) is 0 Å². The number of aromatic nitrogens is 4. The number of piperidine rings is 1. The van der Waals surface area contributed by atoms with Gasteiger partial charge in [-0.25, -0.2) is 9.25 Å². The van der Waals surface area contributed by atoms with Crippen molar-refractivity contribution in [3.05, 3.63) is 63.7 Å². The second-order valence-corrected chi connectivity index (χ2v) is 7.96. The first-order valence-electron chi connectivity index (χ1n) is 10.2. The second kappa shape index (κ2) is 7.70. The van der Waals surface area contributed by atoms with Gasteiger partial charge in [0, 0.05) is 6.07 Å². The van der Waals surface area contributed by atoms with Gasteiger partial charge >= 0.3 is 0 Å². The van der Waals surface area contributed by atoms with E-state index in [1.807, 2.05) is 57.6 Å². The zero-order valence-electron chi connectivity index (χ0n) is 16.8. The summed E-state index contributed by atoms with van der Waals surface area (Å²) in [6.07, 6.45) is 3.66. The van der Waals surface area contributed by atoms with Crippen LogP contribution in [0.4, 0.5) is 0 Å². The van der Waals surface area contributed by atoms with Crippen LogP contribution in [0.25, 0.3) is 22.4 Å². The Morgan fingerprint density at radius 3 is 2.67 bits per heavy atom. The quantitative estimate of drug-likeness (QED) is 0.471. The molecule has 1 saturated heterocycles. The van der Waals surface area contributed by atoms with Crippen LogP contribution in [0.2, 0.25) is 0 Å². The minimum Gasteiger partial charge on any atom is -0.497 e. The number of para-hydroxylation sites is 1. The van der Waals surface area contributed by atoms with Crippen molar-refractivity contribution in [2.45, 2.75) is 25.9 Å². The molecule has 2 aromatic carbocycles. The maximum absolute atomic E-state index is 13.5. The highest BCUT2D eigenvalue weighted by molar-refractivity contribution is 7.71. The summed E-state index contributed by atoms with van der Waals surface area (Å²) in [4.78, 5) is 15.8. The fourth-order valence-electron chi connectivity index (χ4n) is 4.18. The minimum absolute atomic E-state index is 0.128. The number of benzene rings is 2. The fourth-order valence-corrected chi connectivity index (χ4v) is 4.46. The molecule has 0 amide bonds. The Balaban J connectivity index is 1.79. The summed E-state index contributed by atoms with van der Waals surface area (Å²) >= 11 is 5.82. The normalized spacial score (nSPS) is 15.1. The van der Waals surface area contributed by atoms with Gasteiger partial charge in [0.05, 0.1) is 30.4 Å². The number of rotatable bonds is 4. The summed E-state index contributed by atoms with van der Waals surface area (Å²) in [6.45, 7) is 2.71. The maximum atomic E-state index is 13.5. The van der Waals surface area contributed by atoms with Crippen molar-refractivity contribution in [2.75, 3.05) is 20.2 Å². The molecule has 154 valence electrons. The zero-order valence-corrected chi connectivity index (χ0v) is 17.6. The molecule has 0 N–H and O–H groups in total. The van der Waals surface area contributed by atoms with Gasteiger partial charge in [-0.15, -0.1) is 5.10 Å². The van der Waals surface area contributed by atoms with E-state index in [1.165, 1.54) is 19.3 Å². The molecule has 5 rings (SSSR count). The molecule has 0 atom stereocenters. The van der Waals surface area contributed by atoms with Gasteiger partial charge in [0.1, 0.15) is 5.75 Å². The van der Waals surface area contributed by atoms with Crippen LogP contribution in [0, 0.1) is 4.77 Å². The van der Waals surface area contributed by atoms with Crippen molar-refractivity contribution in [2.24, 2.45) is 0 Å². The fraction of sp³-hybridized carbons (Fsp3) is 0.318. The van der Waals surface area contributed by atoms with E-state index in [9.17, 15) is 4.79 Å². The molecule has 2 aromatic heterocycles. The molecule has 4 aromatic rings. The van der Waals surface area contributed by atoms with Gasteiger partial charge in [-0.2, -0.15) is 0 Å². The number of ether oxygens (including phenoxy) is 1. The Labute approximate surface area is 178 Å². The lowest BCUT2D eigenvalue weighted by molar-refractivity contribution is 0.172. The molecule has 30 heavy (non-hydrogen) atoms. The minimum atomic E-state index is -0.128. The summed E-state index contributed by atoms with van der Waals surface area (Å²) in [5, 5.41) is 5.40. The molecule has 0 saturated carbocycles. The number of hydrogen-bond acceptors (Lipinski definition) is 5. The van der Waals surface area contributed by atoms with Crippen molar-refractivity contribution in [1.82, 2.24) is 23.6 Å². The van der Waals surface area contributed by atoms with Crippen LogP contribution in [-0.4, -0.2) is 43.8 Å². The van der Waals surface area contributed by atoms with E-state index in [0.717, 1.165) is 18.6 Å². The smallest absolute Gasteiger partial charge is 0.267 e. The van der Waals surface area contributed by atoms with Crippen LogP contribution in [0.3, 0.4) is 0 Å². The van der Waals surface area contributed by atoms with Gasteiger partial charge in [-0.05, 0) is 62.4 Å². The van der Waals surface area contributed by atoms with Crippen molar-refractivity contribution in [3.8, 4) is 11.4 Å². The molecule has 0 spiro atoms. The van der Waals surface area contributed by atoms with Crippen LogP contribution in [-0.2, 0) is 6.67 Å². The highest BCUT2D eigenvalue weighted by Crippen LogP contribution is 2.21. The Morgan fingerprint density at radius 1 is 1.07 bits per heavy atom. The number of methoxy groups -OCH3 is 1. The van der Waals surface area contributed by atoms with Crippen LogP contribution in [0.1, 0.15) is 19.3 Å². The Bertz CT molecular complexity index is 1350. The first-order chi connectivity index (χ1) is 14.7. The topological polar surface area (TPSA) is 56.7 Å². The lowest BCUT2D eigenvalue weighted by atomic mass is 10.1. The van der Waals surface area contributed by atoms with E-state index in [0.29, 0.717) is 34.0 Å². The van der Waals surface area contributed by atoms with Crippen LogP contribution in [0.15, 0.2) is 53.3 Å². The SMILES string of the molecule is COc1cccc(-n2c(=O)c3ccccc3n3c(=S)n(CN4CCCCC4)nc23)c1. The first-order valence-corrected chi connectivity index (χ1v) is 10.6. The molecule has 1 aliphatic heterocycles. The predicted octanol–water partition coefficient (Wildman–Crippen LogP) is 3.62. The zero-order chi connectivity index (χ0) is 20.7. The summed E-state index contributed by atoms with van der Waals surface area (Å²) in [6, 6.07) is 15.0. The highest BCUT2D eigenvalue weighted by atomic mass is 32.1. The lowest BCUT2D eigenvalue weighted by Crippen LogP contribution is -2.32. The molecule has 0 aliphatic carbocycles. The van der Waals surface area contributed by atoms with E-state index < -0.39 is 0 Å². The van der Waals surface area contributed by atoms with Crippen LogP contribution >= 0.6 is 12.2 Å². The van der Waals surface area contributed by atoms with Gasteiger partial charge < -0.3 is 4.74 Å². The van der Waals surface area contributed by atoms with Crippen LogP contribution < -0.4 is 10.3 Å². The standard InChI is InChI=1S/C22H23N5O2S/c1-29-17-9-7-8-16(14-17)26-20(28)18-10-3-4-11-19(18)27-21(26)23-25(22(27)30)15-24-12-5-2-6-13-24/h3-4,7-11,14H,2,5-6,12-13,15H2,1H3. The number of fused-ring (bicyclic) bond motifs is 3. The van der Waals surface area contributed by atoms with Crippen molar-refractivity contribution in [1.29, 1.82) is 0 Å². The van der Waals surface area contributed by atoms with E-state index in [2.05, 4.69) is 4.90 Å². The van der Waals surface area contributed by atoms with Gasteiger partial charge in [0.15, 0.2) is 0 Å². The molecule has 0 radical (unpaired) electrons. The van der Waals surface area contributed by atoms with Gasteiger partial charge in [-0.3, -0.25) is 14.1 Å². The molecular weight excluding hydrogens is 398 g/mol. The van der Waals surface area contributed by atoms with Gasteiger partial charge in [0.25, 0.3) is 5.56 Å². The number of nitrogens with zero attached hydrogens (tertiary/aromatic N) is 5. The average molecular weight is 422 g/mol. The molecular formula is C22H23N5O2S. The van der Waals surface area contributed by atoms with Gasteiger partial charge in [-0.1, -0.05) is 24.6 Å². The molecule has 7 nitrogen and oxygen atoms in total. The second-order valence-electron chi connectivity index (χ2n) is 7.60. The number of hydrogen-bond donors (Lipinski definition) is 0. The summed E-state index contributed by atoms with van der Waals surface area (Å²) in [5.74, 6) is 1.19. The Kier molecular flexibility index (Phi) is 4.88. The van der Waals surface area contributed by atoms with E-state index >= 15 is 0 Å². The molecule has 1 aliphatic rings. The third-order valence-corrected chi connectivity index (χ3v) is 6.09. The first kappa shape index (κ1) is 19.0. The number of likely N-dealkylation sites (tertiary alicyclic amines) is 1. The maximum Gasteiger partial charge on any atom is 0.267 e. The summed E-state index contributed by atoms with van der Waals surface area (Å²) < 4.78 is 11.3. The van der Waals surface area contributed by atoms with E-state index in [1.54, 1.807) is 11.7 Å². The third-order valence-electron chi connectivity index (χ3n) is 5.69. The average Bonchev–Trinajstić information content (AvgIpc) is 3.10. The monoisotopic (exact) mass is 421 g/mol. The summed E-state index contributed by atoms with van der Waals surface area (Å²) in [5.41, 5.74) is 1.34. The Morgan fingerprint density at radius 2 is 1.87 bits per heavy atom. The molecule has 1 fully saturated rings. The summed E-state index contributed by atoms with van der Waals surface area (Å²) in [7, 11) is 1.61.